The first-order valence-electron chi connectivity index (χ1n) is 14.0. The van der Waals surface area contributed by atoms with Crippen molar-refractivity contribution in [2.75, 3.05) is 7.11 Å². The predicted octanol–water partition coefficient (Wildman–Crippen LogP) is 8.59. The first-order valence-corrected chi connectivity index (χ1v) is 14.0. The largest absolute Gasteiger partial charge is 0.497 e. The van der Waals surface area contributed by atoms with Gasteiger partial charge in [-0.1, -0.05) is 75.6 Å². The number of hydrogen-bond acceptors (Lipinski definition) is 3. The Morgan fingerprint density at radius 2 is 1.79 bits per heavy atom. The monoisotopic (exact) mass is 512 g/mol. The summed E-state index contributed by atoms with van der Waals surface area (Å²) in [6.07, 6.45) is 7.25. The van der Waals surface area contributed by atoms with Crippen molar-refractivity contribution in [1.29, 1.82) is 0 Å². The number of carboxylic acid groups (broad SMARTS) is 1. The van der Waals surface area contributed by atoms with Crippen molar-refractivity contribution in [2.45, 2.75) is 77.2 Å². The molecule has 0 amide bonds. The molecule has 0 heterocycles. The summed E-state index contributed by atoms with van der Waals surface area (Å²) in [5.41, 5.74) is 6.32. The molecule has 5 rings (SSSR count). The van der Waals surface area contributed by atoms with Crippen molar-refractivity contribution in [3.8, 4) is 22.6 Å². The van der Waals surface area contributed by atoms with Crippen LogP contribution >= 0.6 is 0 Å². The van der Waals surface area contributed by atoms with Gasteiger partial charge in [0.2, 0.25) is 0 Å². The third kappa shape index (κ3) is 6.23. The van der Waals surface area contributed by atoms with E-state index in [1.807, 2.05) is 30.3 Å². The fourth-order valence-corrected chi connectivity index (χ4v) is 6.28. The van der Waals surface area contributed by atoms with Gasteiger partial charge in [-0.15, -0.1) is 0 Å². The molecule has 4 heteroatoms. The third-order valence-electron chi connectivity index (χ3n) is 8.60. The molecule has 2 saturated carbocycles. The van der Waals surface area contributed by atoms with Gasteiger partial charge >= 0.3 is 5.97 Å². The molecular weight excluding hydrogens is 472 g/mol. The molecular formula is C34H40O4. The third-order valence-corrected chi connectivity index (χ3v) is 8.60. The Bertz CT molecular complexity index is 1270. The quantitative estimate of drug-likeness (QED) is 0.279. The number of ether oxygens (including phenoxy) is 2. The lowest BCUT2D eigenvalue weighted by atomic mass is 9.75. The molecule has 0 unspecified atom stereocenters. The van der Waals surface area contributed by atoms with Gasteiger partial charge in [0, 0.05) is 0 Å². The van der Waals surface area contributed by atoms with E-state index >= 15 is 0 Å². The fraction of sp³-hybridized carbons (Fsp3) is 0.441. The minimum atomic E-state index is -0.736. The summed E-state index contributed by atoms with van der Waals surface area (Å²) in [7, 11) is 1.71. The maximum atomic E-state index is 11.5. The maximum Gasteiger partial charge on any atom is 0.303 e. The van der Waals surface area contributed by atoms with E-state index in [0.717, 1.165) is 29.0 Å². The Labute approximate surface area is 227 Å². The van der Waals surface area contributed by atoms with E-state index < -0.39 is 5.97 Å². The van der Waals surface area contributed by atoms with Gasteiger partial charge in [0.15, 0.2) is 0 Å². The second-order valence-electron chi connectivity index (χ2n) is 11.9. The van der Waals surface area contributed by atoms with E-state index in [9.17, 15) is 9.90 Å². The van der Waals surface area contributed by atoms with Crippen LogP contribution < -0.4 is 9.47 Å². The lowest BCUT2D eigenvalue weighted by molar-refractivity contribution is -0.137. The molecule has 0 saturated heterocycles. The zero-order valence-electron chi connectivity index (χ0n) is 22.9. The highest BCUT2D eigenvalue weighted by molar-refractivity contribution is 5.70. The molecule has 200 valence electrons. The van der Waals surface area contributed by atoms with E-state index in [2.05, 4.69) is 50.2 Å². The molecule has 2 aliphatic carbocycles. The van der Waals surface area contributed by atoms with Crippen LogP contribution in [0.4, 0.5) is 0 Å². The second kappa shape index (κ2) is 11.2. The van der Waals surface area contributed by atoms with E-state index in [1.165, 1.54) is 48.8 Å². The van der Waals surface area contributed by atoms with Crippen LogP contribution in [0.15, 0.2) is 66.7 Å². The molecule has 3 aromatic rings. The number of methoxy groups -OCH3 is 1. The molecule has 0 bridgehead atoms. The summed E-state index contributed by atoms with van der Waals surface area (Å²) >= 11 is 0. The first-order chi connectivity index (χ1) is 18.3. The SMILES string of the molecule is COc1cccc(-c2ccc(COc3cccc([C@H](CC(=O)O)CC4CC4)c3)cc2[C@@H]2CCCC2(C)C)c1. The zero-order chi connectivity index (χ0) is 26.7. The maximum absolute atomic E-state index is 11.5. The standard InChI is InChI=1S/C34H40O4/c1-34(2)16-6-11-32(34)31-18-24(14-15-30(31)26-8-5-9-28(20-26)37-3)22-38-29-10-4-7-25(19-29)27(21-33(35)36)17-23-12-13-23/h4-5,7-10,14-15,18-20,23,27,32H,6,11-13,16-17,21-22H2,1-3H3,(H,35,36)/t27-,32-/m0/s1. The number of carboxylic acids is 1. The van der Waals surface area contributed by atoms with Gasteiger partial charge in [-0.05, 0) is 94.5 Å². The van der Waals surface area contributed by atoms with E-state index in [-0.39, 0.29) is 17.8 Å². The summed E-state index contributed by atoms with van der Waals surface area (Å²) in [5, 5.41) is 9.45. The molecule has 2 fully saturated rings. The lowest BCUT2D eigenvalue weighted by Gasteiger charge is -2.30. The molecule has 2 aliphatic rings. The molecule has 3 aromatic carbocycles. The van der Waals surface area contributed by atoms with Crippen LogP contribution in [0.3, 0.4) is 0 Å². The molecule has 1 N–H and O–H groups in total. The molecule has 0 radical (unpaired) electrons. The van der Waals surface area contributed by atoms with Gasteiger partial charge in [0.25, 0.3) is 0 Å². The van der Waals surface area contributed by atoms with Gasteiger partial charge in [-0.2, -0.15) is 0 Å². The van der Waals surface area contributed by atoms with E-state index in [4.69, 9.17) is 9.47 Å². The Hall–Kier alpha value is -3.27. The van der Waals surface area contributed by atoms with Crippen LogP contribution in [-0.4, -0.2) is 18.2 Å². The molecule has 0 aromatic heterocycles. The highest BCUT2D eigenvalue weighted by atomic mass is 16.5. The number of hydrogen-bond donors (Lipinski definition) is 1. The van der Waals surface area contributed by atoms with Crippen LogP contribution in [0.2, 0.25) is 0 Å². The predicted molar refractivity (Wildman–Crippen MR) is 152 cm³/mol. The zero-order valence-corrected chi connectivity index (χ0v) is 22.9. The highest BCUT2D eigenvalue weighted by Crippen LogP contribution is 2.51. The normalized spacial score (nSPS) is 19.2. The summed E-state index contributed by atoms with van der Waals surface area (Å²) in [6.45, 7) is 5.27. The van der Waals surface area contributed by atoms with Gasteiger partial charge in [-0.3, -0.25) is 4.79 Å². The number of benzene rings is 3. The summed E-state index contributed by atoms with van der Waals surface area (Å²) in [6, 6.07) is 23.2. The van der Waals surface area contributed by atoms with Crippen LogP contribution in [0.25, 0.3) is 11.1 Å². The number of rotatable bonds is 11. The van der Waals surface area contributed by atoms with Crippen molar-refractivity contribution in [3.63, 3.8) is 0 Å². The second-order valence-corrected chi connectivity index (χ2v) is 11.9. The van der Waals surface area contributed by atoms with Crippen LogP contribution in [0.1, 0.15) is 87.3 Å². The Balaban J connectivity index is 1.39. The van der Waals surface area contributed by atoms with Gasteiger partial charge in [0.05, 0.1) is 13.5 Å². The number of carbonyl (C=O) groups is 1. The molecule has 2 atom stereocenters. The first kappa shape index (κ1) is 26.3. The van der Waals surface area contributed by atoms with Crippen LogP contribution in [-0.2, 0) is 11.4 Å². The minimum Gasteiger partial charge on any atom is -0.497 e. The van der Waals surface area contributed by atoms with Crippen LogP contribution in [0, 0.1) is 11.3 Å². The van der Waals surface area contributed by atoms with Gasteiger partial charge < -0.3 is 14.6 Å². The fourth-order valence-electron chi connectivity index (χ4n) is 6.28. The summed E-state index contributed by atoms with van der Waals surface area (Å²) in [4.78, 5) is 11.5. The molecule has 0 aliphatic heterocycles. The summed E-state index contributed by atoms with van der Waals surface area (Å²) in [5.74, 6) is 2.14. The minimum absolute atomic E-state index is 0.0434. The molecule has 0 spiro atoms. The average molecular weight is 513 g/mol. The smallest absolute Gasteiger partial charge is 0.303 e. The van der Waals surface area contributed by atoms with Gasteiger partial charge in [-0.25, -0.2) is 0 Å². The topological polar surface area (TPSA) is 55.8 Å². The molecule has 38 heavy (non-hydrogen) atoms. The summed E-state index contributed by atoms with van der Waals surface area (Å²) < 4.78 is 11.8. The van der Waals surface area contributed by atoms with Crippen molar-refractivity contribution in [1.82, 2.24) is 0 Å². The Kier molecular flexibility index (Phi) is 7.78. The van der Waals surface area contributed by atoms with Crippen molar-refractivity contribution in [3.05, 3.63) is 83.4 Å². The number of aliphatic carboxylic acids is 1. The van der Waals surface area contributed by atoms with E-state index in [0.29, 0.717) is 18.4 Å². The van der Waals surface area contributed by atoms with Crippen LogP contribution in [0.5, 0.6) is 11.5 Å². The highest BCUT2D eigenvalue weighted by Gasteiger charge is 2.37. The lowest BCUT2D eigenvalue weighted by Crippen LogP contribution is -2.16. The van der Waals surface area contributed by atoms with Crippen molar-refractivity contribution in [2.24, 2.45) is 11.3 Å². The average Bonchev–Trinajstić information content (AvgIpc) is 3.66. The Morgan fingerprint density at radius 1 is 1.00 bits per heavy atom. The van der Waals surface area contributed by atoms with Crippen molar-refractivity contribution >= 4 is 5.97 Å². The Morgan fingerprint density at radius 3 is 2.50 bits per heavy atom. The molecule has 4 nitrogen and oxygen atoms in total. The van der Waals surface area contributed by atoms with Gasteiger partial charge in [0.1, 0.15) is 18.1 Å². The van der Waals surface area contributed by atoms with E-state index in [1.54, 1.807) is 7.11 Å². The van der Waals surface area contributed by atoms with Crippen molar-refractivity contribution < 1.29 is 19.4 Å².